The van der Waals surface area contributed by atoms with Crippen LogP contribution < -0.4 is 0 Å². The summed E-state index contributed by atoms with van der Waals surface area (Å²) in [6.07, 6.45) is 0. The molecule has 22 heavy (non-hydrogen) atoms. The number of benzene rings is 2. The van der Waals surface area contributed by atoms with E-state index >= 15 is 0 Å². The Labute approximate surface area is 130 Å². The van der Waals surface area contributed by atoms with Crippen LogP contribution in [0.3, 0.4) is 0 Å². The van der Waals surface area contributed by atoms with Crippen LogP contribution in [0.25, 0.3) is 0 Å². The third-order valence-electron chi connectivity index (χ3n) is 4.01. The molecule has 1 aliphatic heterocycles. The molecule has 3 nitrogen and oxygen atoms in total. The van der Waals surface area contributed by atoms with Crippen LogP contribution >= 0.6 is 0 Å². The van der Waals surface area contributed by atoms with Crippen LogP contribution in [-0.4, -0.2) is 32.0 Å². The first-order valence-corrected chi connectivity index (χ1v) is 7.24. The lowest BCUT2D eigenvalue weighted by molar-refractivity contribution is 0.0800. The first-order valence-electron chi connectivity index (χ1n) is 7.24. The number of carbonyl (C=O) groups excluding carboxylic acids is 2. The van der Waals surface area contributed by atoms with Gasteiger partial charge in [-0.05, 0) is 0 Å². The number of Topliss-reactive ketones (excluding diaryl/α,β-unsaturated/α-hetero) is 2. The minimum atomic E-state index is -0.745. The molecule has 0 saturated carbocycles. The largest absolute Gasteiger partial charge is 0.386 e. The Hall–Kier alpha value is -2.20. The van der Waals surface area contributed by atoms with Crippen molar-refractivity contribution < 1.29 is 14.3 Å². The second-order valence-corrected chi connectivity index (χ2v) is 5.39. The number of rotatable bonds is 4. The molecule has 0 amide bonds. The third kappa shape index (κ3) is 2.74. The maximum absolute atomic E-state index is 12.7. The highest BCUT2D eigenvalue weighted by atomic mass is 16.5. The van der Waals surface area contributed by atoms with Gasteiger partial charge < -0.3 is 4.74 Å². The minimum Gasteiger partial charge on any atom is -0.386 e. The second-order valence-electron chi connectivity index (χ2n) is 5.39. The Morgan fingerprint density at radius 3 is 1.91 bits per heavy atom. The summed E-state index contributed by atoms with van der Waals surface area (Å²) in [6.45, 7) is 0.179. The lowest BCUT2D eigenvalue weighted by Gasteiger charge is -2.19. The Kier molecular flexibility index (Phi) is 4.21. The van der Waals surface area contributed by atoms with E-state index in [9.17, 15) is 9.59 Å². The molecule has 1 aliphatic rings. The van der Waals surface area contributed by atoms with E-state index in [0.717, 1.165) is 0 Å². The van der Waals surface area contributed by atoms with Crippen LogP contribution in [0.5, 0.6) is 0 Å². The molecule has 0 aromatic heterocycles. The molecule has 3 rings (SSSR count). The highest BCUT2D eigenvalue weighted by Crippen LogP contribution is 2.31. The minimum absolute atomic E-state index is 0.0946. The Balaban J connectivity index is 1.88. The SMILES string of the molecule is [B][C@@H]1OC[C@H](C(=O)c2ccccc2)[C@H]1C(=O)c1ccccc1. The van der Waals surface area contributed by atoms with E-state index < -0.39 is 17.8 Å². The fourth-order valence-corrected chi connectivity index (χ4v) is 2.83. The van der Waals surface area contributed by atoms with Crippen molar-refractivity contribution in [3.63, 3.8) is 0 Å². The molecule has 0 N–H and O–H groups in total. The maximum atomic E-state index is 12.7. The van der Waals surface area contributed by atoms with Gasteiger partial charge in [-0.3, -0.25) is 9.59 Å². The predicted molar refractivity (Wildman–Crippen MR) is 84.0 cm³/mol. The Bertz CT molecular complexity index is 669. The third-order valence-corrected chi connectivity index (χ3v) is 4.01. The summed E-state index contributed by atoms with van der Waals surface area (Å²) in [5.41, 5.74) is 1.13. The topological polar surface area (TPSA) is 43.4 Å². The average Bonchev–Trinajstić information content (AvgIpc) is 2.96. The number of ketones is 2. The zero-order chi connectivity index (χ0) is 15.5. The number of hydrogen-bond donors (Lipinski definition) is 0. The van der Waals surface area contributed by atoms with Gasteiger partial charge in [0.2, 0.25) is 0 Å². The molecular weight excluding hydrogens is 275 g/mol. The van der Waals surface area contributed by atoms with Gasteiger partial charge in [0, 0.05) is 17.1 Å². The highest BCUT2D eigenvalue weighted by Gasteiger charge is 2.43. The summed E-state index contributed by atoms with van der Waals surface area (Å²) in [7, 11) is 5.93. The van der Waals surface area contributed by atoms with Crippen molar-refractivity contribution in [3.8, 4) is 0 Å². The van der Waals surface area contributed by atoms with Crippen LogP contribution in [0.2, 0.25) is 0 Å². The molecule has 4 heteroatoms. The van der Waals surface area contributed by atoms with E-state index in [2.05, 4.69) is 0 Å². The molecule has 2 aromatic carbocycles. The summed E-state index contributed by atoms with van der Waals surface area (Å²) in [4.78, 5) is 25.3. The molecule has 0 bridgehead atoms. The molecule has 0 spiro atoms. The normalized spacial score (nSPS) is 24.1. The molecule has 0 aliphatic carbocycles. The van der Waals surface area contributed by atoms with Crippen molar-refractivity contribution in [3.05, 3.63) is 71.8 Å². The van der Waals surface area contributed by atoms with Crippen LogP contribution in [0.15, 0.2) is 60.7 Å². The van der Waals surface area contributed by atoms with E-state index in [1.165, 1.54) is 0 Å². The highest BCUT2D eigenvalue weighted by molar-refractivity contribution is 6.16. The summed E-state index contributed by atoms with van der Waals surface area (Å²) in [5, 5.41) is 0. The summed E-state index contributed by atoms with van der Waals surface area (Å²) >= 11 is 0. The van der Waals surface area contributed by atoms with Gasteiger partial charge in [0.1, 0.15) is 7.85 Å². The van der Waals surface area contributed by atoms with Gasteiger partial charge in [-0.25, -0.2) is 0 Å². The first-order chi connectivity index (χ1) is 10.7. The molecule has 2 radical (unpaired) electrons. The standard InChI is InChI=1S/C18H15BO3/c19-18-15(17(21)13-9-5-2-6-10-13)14(11-22-18)16(20)12-7-3-1-4-8-12/h1-10,14-15,18H,11H2/t14-,15-,18+/m0/s1. The zero-order valence-corrected chi connectivity index (χ0v) is 12.0. The number of hydrogen-bond acceptors (Lipinski definition) is 3. The summed E-state index contributed by atoms with van der Waals surface area (Å²) in [6, 6.07) is 17.1. The summed E-state index contributed by atoms with van der Waals surface area (Å²) in [5.74, 6) is -1.41. The van der Waals surface area contributed by atoms with Crippen molar-refractivity contribution in [2.75, 3.05) is 6.61 Å². The maximum Gasteiger partial charge on any atom is 0.169 e. The molecular formula is C18H15BO3. The van der Waals surface area contributed by atoms with Crippen LogP contribution in [0, 0.1) is 11.8 Å². The number of ether oxygens (including phenoxy) is 1. The Morgan fingerprint density at radius 2 is 1.36 bits per heavy atom. The monoisotopic (exact) mass is 290 g/mol. The van der Waals surface area contributed by atoms with E-state index in [-0.39, 0.29) is 18.2 Å². The quantitative estimate of drug-likeness (QED) is 0.642. The molecule has 2 aromatic rings. The van der Waals surface area contributed by atoms with Crippen molar-refractivity contribution in [2.45, 2.75) is 6.00 Å². The van der Waals surface area contributed by atoms with Gasteiger partial charge >= 0.3 is 0 Å². The summed E-state index contributed by atoms with van der Waals surface area (Å²) < 4.78 is 5.40. The van der Waals surface area contributed by atoms with Crippen LogP contribution in [0.1, 0.15) is 20.7 Å². The van der Waals surface area contributed by atoms with Crippen molar-refractivity contribution in [2.24, 2.45) is 11.8 Å². The van der Waals surface area contributed by atoms with Crippen LogP contribution in [-0.2, 0) is 4.74 Å². The lowest BCUT2D eigenvalue weighted by Crippen LogP contribution is -2.33. The molecule has 0 unspecified atom stereocenters. The van der Waals surface area contributed by atoms with Gasteiger partial charge in [-0.1, -0.05) is 60.7 Å². The smallest absolute Gasteiger partial charge is 0.169 e. The van der Waals surface area contributed by atoms with E-state index in [1.807, 2.05) is 12.1 Å². The molecule has 3 atom stereocenters. The fourth-order valence-electron chi connectivity index (χ4n) is 2.83. The molecule has 108 valence electrons. The van der Waals surface area contributed by atoms with Crippen molar-refractivity contribution in [1.29, 1.82) is 0 Å². The van der Waals surface area contributed by atoms with Gasteiger partial charge in [0.15, 0.2) is 11.6 Å². The molecule has 1 saturated heterocycles. The second kappa shape index (κ2) is 6.28. The van der Waals surface area contributed by atoms with Crippen molar-refractivity contribution in [1.82, 2.24) is 0 Å². The predicted octanol–water partition coefficient (Wildman–Crippen LogP) is 2.51. The van der Waals surface area contributed by atoms with E-state index in [1.54, 1.807) is 48.5 Å². The fraction of sp³-hybridized carbons (Fsp3) is 0.222. The van der Waals surface area contributed by atoms with Gasteiger partial charge in [0.25, 0.3) is 0 Å². The zero-order valence-electron chi connectivity index (χ0n) is 12.0. The van der Waals surface area contributed by atoms with Crippen LogP contribution in [0.4, 0.5) is 0 Å². The van der Waals surface area contributed by atoms with Gasteiger partial charge in [-0.15, -0.1) is 0 Å². The lowest BCUT2D eigenvalue weighted by atomic mass is 9.74. The average molecular weight is 290 g/mol. The molecule has 1 fully saturated rings. The number of carbonyl (C=O) groups is 2. The molecule has 1 heterocycles. The van der Waals surface area contributed by atoms with Crippen molar-refractivity contribution >= 4 is 19.4 Å². The first kappa shape index (κ1) is 14.7. The van der Waals surface area contributed by atoms with Gasteiger partial charge in [-0.2, -0.15) is 0 Å². The Morgan fingerprint density at radius 1 is 0.864 bits per heavy atom. The van der Waals surface area contributed by atoms with E-state index in [0.29, 0.717) is 11.1 Å². The van der Waals surface area contributed by atoms with E-state index in [4.69, 9.17) is 12.6 Å². The van der Waals surface area contributed by atoms with Gasteiger partial charge in [0.05, 0.1) is 18.4 Å².